The van der Waals surface area contributed by atoms with E-state index in [4.69, 9.17) is 33.4 Å². The van der Waals surface area contributed by atoms with Crippen LogP contribution in [0.2, 0.25) is 0 Å². The zero-order valence-corrected chi connectivity index (χ0v) is 23.7. The summed E-state index contributed by atoms with van der Waals surface area (Å²) in [5.41, 5.74) is 4.79. The van der Waals surface area contributed by atoms with Crippen molar-refractivity contribution >= 4 is 27.5 Å². The number of aromatic nitrogens is 2. The maximum Gasteiger partial charge on any atom is 0.343 e. The van der Waals surface area contributed by atoms with Gasteiger partial charge in [0.15, 0.2) is 23.0 Å². The number of esters is 1. The van der Waals surface area contributed by atoms with Crippen LogP contribution in [0.15, 0.2) is 47.2 Å². The number of cyclic esters (lactones) is 1. The minimum atomic E-state index is -0.639. The molecule has 4 aromatic rings. The second-order valence-electron chi connectivity index (χ2n) is 9.78. The Labute approximate surface area is 238 Å². The number of benzene rings is 2. The monoisotopic (exact) mass is 607 g/mol. The molecule has 2 aromatic heterocycles. The molecule has 2 aromatic carbocycles. The second-order valence-corrected chi connectivity index (χ2v) is 10.6. The predicted octanol–water partition coefficient (Wildman–Crippen LogP) is 4.86. The van der Waals surface area contributed by atoms with Gasteiger partial charge in [0.2, 0.25) is 12.5 Å². The Morgan fingerprint density at radius 2 is 1.93 bits per heavy atom. The lowest BCUT2D eigenvalue weighted by atomic mass is 9.85. The number of carbonyl (C=O) groups is 1. The fourth-order valence-electron chi connectivity index (χ4n) is 6.09. The average molecular weight is 608 g/mol. The van der Waals surface area contributed by atoms with Crippen LogP contribution in [0.1, 0.15) is 44.9 Å². The van der Waals surface area contributed by atoms with Crippen molar-refractivity contribution in [2.75, 3.05) is 34.7 Å². The van der Waals surface area contributed by atoms with Gasteiger partial charge in [-0.05, 0) is 52.2 Å². The minimum absolute atomic E-state index is 0.122. The normalized spacial score (nSPS) is 19.4. The van der Waals surface area contributed by atoms with Gasteiger partial charge in [-0.2, -0.15) is 0 Å². The third-order valence-electron chi connectivity index (χ3n) is 7.77. The predicted molar refractivity (Wildman–Crippen MR) is 147 cm³/mol. The largest absolute Gasteiger partial charge is 0.493 e. The number of hydrogen-bond acceptors (Lipinski definition) is 9. The van der Waals surface area contributed by atoms with Gasteiger partial charge in [-0.3, -0.25) is 9.30 Å². The van der Waals surface area contributed by atoms with Gasteiger partial charge in [0.1, 0.15) is 17.3 Å². The van der Waals surface area contributed by atoms with Crippen molar-refractivity contribution in [1.82, 2.24) is 14.3 Å². The van der Waals surface area contributed by atoms with Crippen LogP contribution in [0.25, 0.3) is 5.65 Å². The smallest absolute Gasteiger partial charge is 0.343 e. The molecular weight excluding hydrogens is 582 g/mol. The summed E-state index contributed by atoms with van der Waals surface area (Å²) in [4.78, 5) is 20.5. The van der Waals surface area contributed by atoms with Crippen LogP contribution in [0, 0.1) is 0 Å². The first-order chi connectivity index (χ1) is 19.5. The molecule has 0 saturated heterocycles. The summed E-state index contributed by atoms with van der Waals surface area (Å²) in [7, 11) is 4.68. The minimum Gasteiger partial charge on any atom is -0.493 e. The first-order valence-electron chi connectivity index (χ1n) is 12.8. The van der Waals surface area contributed by atoms with E-state index >= 15 is 0 Å². The van der Waals surface area contributed by atoms with Gasteiger partial charge in [0, 0.05) is 30.4 Å². The number of imidazole rings is 1. The number of ether oxygens (including phenoxy) is 6. The fourth-order valence-corrected chi connectivity index (χ4v) is 6.53. The summed E-state index contributed by atoms with van der Waals surface area (Å²) < 4.78 is 37.7. The fraction of sp³-hybridized carbons (Fsp3) is 0.310. The molecule has 0 fully saturated rings. The maximum absolute atomic E-state index is 13.4. The number of carbonyl (C=O) groups excluding carboxylic acids is 1. The Kier molecular flexibility index (Phi) is 6.01. The van der Waals surface area contributed by atoms with E-state index in [1.54, 1.807) is 20.3 Å². The number of hydrogen-bond donors (Lipinski definition) is 0. The molecule has 40 heavy (non-hydrogen) atoms. The molecular formula is C29H26BrN3O7. The Morgan fingerprint density at radius 3 is 2.70 bits per heavy atom. The molecule has 0 radical (unpaired) electrons. The highest BCUT2D eigenvalue weighted by Gasteiger charge is 2.47. The molecule has 0 bridgehead atoms. The lowest BCUT2D eigenvalue weighted by Gasteiger charge is -2.40. The molecule has 3 aliphatic rings. The van der Waals surface area contributed by atoms with E-state index < -0.39 is 18.1 Å². The molecule has 5 heterocycles. The zero-order chi connectivity index (χ0) is 27.5. The molecule has 0 aliphatic carbocycles. The van der Waals surface area contributed by atoms with E-state index in [2.05, 4.69) is 20.8 Å². The molecule has 2 atom stereocenters. The standard InChI is InChI=1S/C29H26BrN3O7/c1-35-18-8-7-17-23(26(18)36-2)29(34)40-25(17)24-22-15(11-19-27(28(22)37-3)39-14-38-19)9-10-32(24)12-16-13-33-20(30)5-4-6-21(33)31-16/h4-8,11,13,24-25H,9-10,12,14H2,1-3H3/t24-,25+/m1/s1. The highest BCUT2D eigenvalue weighted by Crippen LogP contribution is 2.55. The van der Waals surface area contributed by atoms with Gasteiger partial charge in [-0.15, -0.1) is 0 Å². The number of halogens is 1. The lowest BCUT2D eigenvalue weighted by Crippen LogP contribution is -2.38. The van der Waals surface area contributed by atoms with Crippen LogP contribution in [0.5, 0.6) is 28.7 Å². The van der Waals surface area contributed by atoms with Gasteiger partial charge in [0.25, 0.3) is 0 Å². The highest BCUT2D eigenvalue weighted by molar-refractivity contribution is 9.10. The van der Waals surface area contributed by atoms with Crippen molar-refractivity contribution in [3.8, 4) is 28.7 Å². The zero-order valence-electron chi connectivity index (χ0n) is 22.1. The SMILES string of the molecule is COc1ccc2c(c1OC)C(=O)O[C@@H]2[C@H]1c2c(cc3c(c2OC)OCO3)CCN1Cc1cn2c(Br)cccc2n1. The van der Waals surface area contributed by atoms with Crippen LogP contribution in [0.4, 0.5) is 0 Å². The van der Waals surface area contributed by atoms with Crippen LogP contribution < -0.4 is 23.7 Å². The Hall–Kier alpha value is -3.96. The maximum atomic E-state index is 13.4. The summed E-state index contributed by atoms with van der Waals surface area (Å²) in [5.74, 6) is 2.17. The number of fused-ring (bicyclic) bond motifs is 4. The molecule has 0 saturated carbocycles. The van der Waals surface area contributed by atoms with Gasteiger partial charge in [-0.25, -0.2) is 9.78 Å². The molecule has 7 rings (SSSR count). The number of nitrogens with zero attached hydrogens (tertiary/aromatic N) is 3. The molecule has 0 spiro atoms. The summed E-state index contributed by atoms with van der Waals surface area (Å²) in [6.07, 6.45) is 2.13. The Bertz CT molecular complexity index is 1670. The first kappa shape index (κ1) is 25.0. The van der Waals surface area contributed by atoms with Gasteiger partial charge >= 0.3 is 5.97 Å². The van der Waals surface area contributed by atoms with E-state index in [9.17, 15) is 4.79 Å². The molecule has 206 valence electrons. The molecule has 0 unspecified atom stereocenters. The van der Waals surface area contributed by atoms with E-state index in [-0.39, 0.29) is 6.79 Å². The van der Waals surface area contributed by atoms with Gasteiger partial charge in [-0.1, -0.05) is 12.1 Å². The number of pyridine rings is 1. The first-order valence-corrected chi connectivity index (χ1v) is 13.6. The quantitative estimate of drug-likeness (QED) is 0.225. The van der Waals surface area contributed by atoms with Crippen molar-refractivity contribution in [2.45, 2.75) is 25.1 Å². The third kappa shape index (κ3) is 3.71. The van der Waals surface area contributed by atoms with Crippen molar-refractivity contribution in [3.63, 3.8) is 0 Å². The molecule has 10 nitrogen and oxygen atoms in total. The van der Waals surface area contributed by atoms with Gasteiger partial charge in [0.05, 0.1) is 37.7 Å². The van der Waals surface area contributed by atoms with Gasteiger partial charge < -0.3 is 28.4 Å². The molecule has 0 N–H and O–H groups in total. The Balaban J connectivity index is 1.39. The second kappa shape index (κ2) is 9.60. The molecule has 0 amide bonds. The van der Waals surface area contributed by atoms with Crippen LogP contribution >= 0.6 is 15.9 Å². The molecule has 3 aliphatic heterocycles. The average Bonchev–Trinajstić information content (AvgIpc) is 3.69. The van der Waals surface area contributed by atoms with Crippen LogP contribution in [0.3, 0.4) is 0 Å². The summed E-state index contributed by atoms with van der Waals surface area (Å²) in [5, 5.41) is 0. The van der Waals surface area contributed by atoms with Crippen LogP contribution in [-0.2, 0) is 17.7 Å². The number of rotatable bonds is 6. The van der Waals surface area contributed by atoms with E-state index in [1.165, 1.54) is 7.11 Å². The van der Waals surface area contributed by atoms with E-state index in [0.717, 1.165) is 39.1 Å². The Morgan fingerprint density at radius 1 is 1.07 bits per heavy atom. The van der Waals surface area contributed by atoms with Crippen molar-refractivity contribution in [3.05, 3.63) is 75.1 Å². The van der Waals surface area contributed by atoms with E-state index in [1.807, 2.05) is 40.9 Å². The summed E-state index contributed by atoms with van der Waals surface area (Å²) in [6, 6.07) is 11.2. The third-order valence-corrected chi connectivity index (χ3v) is 8.42. The van der Waals surface area contributed by atoms with Crippen molar-refractivity contribution < 1.29 is 33.2 Å². The van der Waals surface area contributed by atoms with Crippen LogP contribution in [-0.4, -0.2) is 54.9 Å². The lowest BCUT2D eigenvalue weighted by molar-refractivity contribution is 0.000279. The summed E-state index contributed by atoms with van der Waals surface area (Å²) >= 11 is 3.61. The summed E-state index contributed by atoms with van der Waals surface area (Å²) in [6.45, 7) is 1.34. The number of methoxy groups -OCH3 is 3. The molecule has 11 heteroatoms. The van der Waals surface area contributed by atoms with Crippen molar-refractivity contribution in [1.29, 1.82) is 0 Å². The topological polar surface area (TPSA) is 93.0 Å². The highest BCUT2D eigenvalue weighted by atomic mass is 79.9. The van der Waals surface area contributed by atoms with Crippen molar-refractivity contribution in [2.24, 2.45) is 0 Å². The van der Waals surface area contributed by atoms with E-state index in [0.29, 0.717) is 47.4 Å².